The van der Waals surface area contributed by atoms with Crippen LogP contribution in [0, 0.1) is 24.4 Å². The summed E-state index contributed by atoms with van der Waals surface area (Å²) in [5.74, 6) is -1.77. The van der Waals surface area contributed by atoms with Crippen LogP contribution in [-0.4, -0.2) is 0 Å². The fourth-order valence-electron chi connectivity index (χ4n) is 1.93. The lowest BCUT2D eigenvalue weighted by Crippen LogP contribution is -2.04. The van der Waals surface area contributed by atoms with E-state index in [4.69, 9.17) is 11.6 Å². The van der Waals surface area contributed by atoms with E-state index < -0.39 is 22.8 Å². The first-order valence-electron chi connectivity index (χ1n) is 5.82. The van der Waals surface area contributed by atoms with Crippen LogP contribution in [-0.2, 0) is 6.42 Å². The van der Waals surface area contributed by atoms with Crippen molar-refractivity contribution in [1.82, 2.24) is 0 Å². The molecule has 0 saturated carbocycles. The van der Waals surface area contributed by atoms with Crippen LogP contribution in [0.2, 0.25) is 0 Å². The zero-order valence-corrected chi connectivity index (χ0v) is 11.0. The highest BCUT2D eigenvalue weighted by Gasteiger charge is 2.18. The maximum Gasteiger partial charge on any atom is 0.130 e. The van der Waals surface area contributed by atoms with Crippen LogP contribution in [0.3, 0.4) is 0 Å². The van der Waals surface area contributed by atoms with Crippen molar-refractivity contribution in [2.24, 2.45) is 0 Å². The standard InChI is InChI=1S/C15H12ClF3/c1-9-4-2-5-10(15(9)19)12(16)8-11-13(17)6-3-7-14(11)18/h2-7,12H,8H2,1H3. The molecule has 0 bridgehead atoms. The second-order valence-electron chi connectivity index (χ2n) is 4.35. The van der Waals surface area contributed by atoms with Gasteiger partial charge in [-0.3, -0.25) is 0 Å². The zero-order valence-electron chi connectivity index (χ0n) is 10.3. The van der Waals surface area contributed by atoms with Gasteiger partial charge in [0.25, 0.3) is 0 Å². The van der Waals surface area contributed by atoms with Gasteiger partial charge in [0.15, 0.2) is 0 Å². The van der Waals surface area contributed by atoms with Gasteiger partial charge < -0.3 is 0 Å². The summed E-state index contributed by atoms with van der Waals surface area (Å²) in [6.45, 7) is 1.62. The Morgan fingerprint density at radius 3 is 2.21 bits per heavy atom. The minimum atomic E-state index is -0.814. The van der Waals surface area contributed by atoms with Crippen LogP contribution in [0.25, 0.3) is 0 Å². The molecule has 19 heavy (non-hydrogen) atoms. The molecule has 0 aliphatic rings. The average molecular weight is 285 g/mol. The molecule has 0 heterocycles. The van der Waals surface area contributed by atoms with Gasteiger partial charge in [0.2, 0.25) is 0 Å². The highest BCUT2D eigenvalue weighted by Crippen LogP contribution is 2.30. The van der Waals surface area contributed by atoms with E-state index in [1.165, 1.54) is 12.1 Å². The van der Waals surface area contributed by atoms with Crippen LogP contribution < -0.4 is 0 Å². The molecule has 0 aromatic heterocycles. The van der Waals surface area contributed by atoms with E-state index in [1.807, 2.05) is 0 Å². The van der Waals surface area contributed by atoms with E-state index in [-0.39, 0.29) is 17.5 Å². The zero-order chi connectivity index (χ0) is 14.0. The van der Waals surface area contributed by atoms with Gasteiger partial charge in [0.1, 0.15) is 17.5 Å². The molecule has 0 N–H and O–H groups in total. The molecular formula is C15H12ClF3. The third-order valence-corrected chi connectivity index (χ3v) is 3.39. The summed E-state index contributed by atoms with van der Waals surface area (Å²) >= 11 is 6.09. The van der Waals surface area contributed by atoms with Gasteiger partial charge in [-0.15, -0.1) is 11.6 Å². The molecule has 2 rings (SSSR count). The van der Waals surface area contributed by atoms with E-state index >= 15 is 0 Å². The molecule has 0 nitrogen and oxygen atoms in total. The smallest absolute Gasteiger partial charge is 0.130 e. The molecule has 0 amide bonds. The van der Waals surface area contributed by atoms with Crippen LogP contribution in [0.15, 0.2) is 36.4 Å². The van der Waals surface area contributed by atoms with Crippen molar-refractivity contribution in [3.8, 4) is 0 Å². The number of halogens is 4. The van der Waals surface area contributed by atoms with E-state index in [0.717, 1.165) is 12.1 Å². The van der Waals surface area contributed by atoms with Crippen LogP contribution in [0.5, 0.6) is 0 Å². The van der Waals surface area contributed by atoms with Crippen molar-refractivity contribution < 1.29 is 13.2 Å². The third kappa shape index (κ3) is 2.92. The largest absolute Gasteiger partial charge is 0.207 e. The number of benzene rings is 2. The lowest BCUT2D eigenvalue weighted by molar-refractivity contribution is 0.547. The summed E-state index contributed by atoms with van der Waals surface area (Å²) < 4.78 is 40.9. The summed E-state index contributed by atoms with van der Waals surface area (Å²) in [5, 5.41) is -0.814. The summed E-state index contributed by atoms with van der Waals surface area (Å²) in [7, 11) is 0. The predicted molar refractivity (Wildman–Crippen MR) is 69.8 cm³/mol. The second-order valence-corrected chi connectivity index (χ2v) is 4.88. The first-order valence-corrected chi connectivity index (χ1v) is 6.26. The fraction of sp³-hybridized carbons (Fsp3) is 0.200. The Morgan fingerprint density at radius 2 is 1.58 bits per heavy atom. The Labute approximate surface area is 114 Å². The molecule has 0 aliphatic carbocycles. The van der Waals surface area contributed by atoms with E-state index in [9.17, 15) is 13.2 Å². The summed E-state index contributed by atoms with van der Waals surface area (Å²) in [6.07, 6.45) is -0.0968. The number of alkyl halides is 1. The molecule has 2 aromatic carbocycles. The van der Waals surface area contributed by atoms with Crippen molar-refractivity contribution in [3.05, 3.63) is 70.5 Å². The molecule has 2 aromatic rings. The van der Waals surface area contributed by atoms with Crippen LogP contribution in [0.4, 0.5) is 13.2 Å². The predicted octanol–water partition coefficient (Wildman–Crippen LogP) is 4.93. The van der Waals surface area contributed by atoms with Gasteiger partial charge in [-0.25, -0.2) is 13.2 Å². The summed E-state index contributed by atoms with van der Waals surface area (Å²) in [5.41, 5.74) is 0.588. The molecule has 0 fully saturated rings. The Kier molecular flexibility index (Phi) is 4.15. The highest BCUT2D eigenvalue weighted by molar-refractivity contribution is 6.21. The average Bonchev–Trinajstić information content (AvgIpc) is 2.37. The molecule has 100 valence electrons. The molecule has 4 heteroatoms. The van der Waals surface area contributed by atoms with Crippen molar-refractivity contribution in [2.75, 3.05) is 0 Å². The van der Waals surface area contributed by atoms with Gasteiger partial charge in [-0.2, -0.15) is 0 Å². The lowest BCUT2D eigenvalue weighted by atomic mass is 10.0. The van der Waals surface area contributed by atoms with Crippen molar-refractivity contribution >= 4 is 11.6 Å². The topological polar surface area (TPSA) is 0 Å². The summed E-state index contributed by atoms with van der Waals surface area (Å²) in [6, 6.07) is 8.42. The maximum absolute atomic E-state index is 13.9. The molecule has 1 unspecified atom stereocenters. The number of aryl methyl sites for hydroxylation is 1. The number of rotatable bonds is 3. The minimum absolute atomic E-state index is 0.0968. The normalized spacial score (nSPS) is 12.5. The Bertz CT molecular complexity index is 576. The van der Waals surface area contributed by atoms with Crippen molar-refractivity contribution in [3.63, 3.8) is 0 Å². The molecule has 0 aliphatic heterocycles. The number of hydrogen-bond donors (Lipinski definition) is 0. The minimum Gasteiger partial charge on any atom is -0.207 e. The Balaban J connectivity index is 2.31. The van der Waals surface area contributed by atoms with Gasteiger partial charge >= 0.3 is 0 Å². The summed E-state index contributed by atoms with van der Waals surface area (Å²) in [4.78, 5) is 0. The van der Waals surface area contributed by atoms with Gasteiger partial charge in [0, 0.05) is 11.1 Å². The monoisotopic (exact) mass is 284 g/mol. The first-order chi connectivity index (χ1) is 9.00. The quantitative estimate of drug-likeness (QED) is 0.701. The Morgan fingerprint density at radius 1 is 1.00 bits per heavy atom. The third-order valence-electron chi connectivity index (χ3n) is 3.00. The van der Waals surface area contributed by atoms with E-state index in [1.54, 1.807) is 19.1 Å². The van der Waals surface area contributed by atoms with Gasteiger partial charge in [-0.05, 0) is 31.0 Å². The van der Waals surface area contributed by atoms with E-state index in [0.29, 0.717) is 5.56 Å². The first kappa shape index (κ1) is 13.9. The van der Waals surface area contributed by atoms with Crippen molar-refractivity contribution in [1.29, 1.82) is 0 Å². The fourth-order valence-corrected chi connectivity index (χ4v) is 2.25. The SMILES string of the molecule is Cc1cccc(C(Cl)Cc2c(F)cccc2F)c1F. The van der Waals surface area contributed by atoms with Crippen molar-refractivity contribution in [2.45, 2.75) is 18.7 Å². The maximum atomic E-state index is 13.9. The second kappa shape index (κ2) is 5.66. The van der Waals surface area contributed by atoms with Crippen LogP contribution >= 0.6 is 11.6 Å². The highest BCUT2D eigenvalue weighted by atomic mass is 35.5. The van der Waals surface area contributed by atoms with Gasteiger partial charge in [0.05, 0.1) is 5.38 Å². The van der Waals surface area contributed by atoms with E-state index in [2.05, 4.69) is 0 Å². The molecule has 0 spiro atoms. The molecule has 0 saturated heterocycles. The van der Waals surface area contributed by atoms with Crippen LogP contribution in [0.1, 0.15) is 22.1 Å². The molecule has 1 atom stereocenters. The van der Waals surface area contributed by atoms with Gasteiger partial charge in [-0.1, -0.05) is 24.3 Å². The number of hydrogen-bond acceptors (Lipinski definition) is 0. The lowest BCUT2D eigenvalue weighted by Gasteiger charge is -2.13. The molecular weight excluding hydrogens is 273 g/mol. The Hall–Kier alpha value is -1.48. The molecule has 0 radical (unpaired) electrons.